The summed E-state index contributed by atoms with van der Waals surface area (Å²) in [6.07, 6.45) is 1.28. The van der Waals surface area contributed by atoms with Crippen molar-refractivity contribution in [1.82, 2.24) is 0 Å². The molecular formula is C28H32O11. The Morgan fingerprint density at radius 3 is 2.54 bits per heavy atom. The monoisotopic (exact) mass is 544 g/mol. The maximum absolute atomic E-state index is 12.4. The fourth-order valence-corrected chi connectivity index (χ4v) is 4.79. The van der Waals surface area contributed by atoms with Gasteiger partial charge in [0.15, 0.2) is 6.29 Å². The molecule has 1 aromatic carbocycles. The van der Waals surface area contributed by atoms with Crippen LogP contribution in [0, 0.1) is 11.8 Å². The lowest BCUT2D eigenvalue weighted by Crippen LogP contribution is -2.60. The molecule has 0 amide bonds. The molecule has 2 aliphatic heterocycles. The van der Waals surface area contributed by atoms with E-state index in [4.69, 9.17) is 23.7 Å². The molecule has 11 nitrogen and oxygen atoms in total. The van der Waals surface area contributed by atoms with Crippen LogP contribution in [0.15, 0.2) is 72.0 Å². The highest BCUT2D eigenvalue weighted by Crippen LogP contribution is 2.44. The molecule has 4 N–H and O–H groups in total. The van der Waals surface area contributed by atoms with Crippen LogP contribution in [0.3, 0.4) is 0 Å². The van der Waals surface area contributed by atoms with Gasteiger partial charge in [-0.25, -0.2) is 9.59 Å². The molecular weight excluding hydrogens is 512 g/mol. The minimum Gasteiger partial charge on any atom is -0.471 e. The zero-order valence-electron chi connectivity index (χ0n) is 21.2. The van der Waals surface area contributed by atoms with Crippen LogP contribution in [0.5, 0.6) is 0 Å². The largest absolute Gasteiger partial charge is 0.471 e. The molecule has 0 radical (unpaired) electrons. The van der Waals surface area contributed by atoms with Crippen molar-refractivity contribution in [3.05, 3.63) is 77.6 Å². The summed E-state index contributed by atoms with van der Waals surface area (Å²) in [7, 11) is 1.25. The van der Waals surface area contributed by atoms with Gasteiger partial charge < -0.3 is 44.1 Å². The van der Waals surface area contributed by atoms with Gasteiger partial charge in [0.1, 0.15) is 31.0 Å². The van der Waals surface area contributed by atoms with Crippen LogP contribution in [0.4, 0.5) is 0 Å². The number of benzene rings is 1. The summed E-state index contributed by atoms with van der Waals surface area (Å²) < 4.78 is 27.3. The normalized spacial score (nSPS) is 32.3. The maximum atomic E-state index is 12.4. The number of esters is 2. The number of hydrogen-bond donors (Lipinski definition) is 4. The molecule has 1 fully saturated rings. The number of fused-ring (bicyclic) bond motifs is 1. The van der Waals surface area contributed by atoms with Gasteiger partial charge in [-0.3, -0.25) is 0 Å². The molecule has 210 valence electrons. The lowest BCUT2D eigenvalue weighted by molar-refractivity contribution is -0.339. The minimum absolute atomic E-state index is 0.112. The third kappa shape index (κ3) is 6.64. The quantitative estimate of drug-likeness (QED) is 0.149. The molecule has 0 saturated carbocycles. The summed E-state index contributed by atoms with van der Waals surface area (Å²) in [5.74, 6) is -2.22. The lowest BCUT2D eigenvalue weighted by atomic mass is 9.83. The Hall–Kier alpha value is -3.32. The van der Waals surface area contributed by atoms with Crippen LogP contribution in [0.1, 0.15) is 12.0 Å². The second-order valence-corrected chi connectivity index (χ2v) is 9.29. The van der Waals surface area contributed by atoms with Gasteiger partial charge in [-0.1, -0.05) is 54.6 Å². The average molecular weight is 545 g/mol. The Morgan fingerprint density at radius 2 is 1.82 bits per heavy atom. The first-order chi connectivity index (χ1) is 18.8. The summed E-state index contributed by atoms with van der Waals surface area (Å²) >= 11 is 0. The number of methoxy groups -OCH3 is 1. The first kappa shape index (κ1) is 28.7. The van der Waals surface area contributed by atoms with Crippen LogP contribution < -0.4 is 0 Å². The molecule has 1 aromatic rings. The first-order valence-electron chi connectivity index (χ1n) is 12.5. The van der Waals surface area contributed by atoms with Gasteiger partial charge in [-0.15, -0.1) is 0 Å². The summed E-state index contributed by atoms with van der Waals surface area (Å²) in [6, 6.07) is 9.58. The van der Waals surface area contributed by atoms with Crippen molar-refractivity contribution in [3.8, 4) is 0 Å². The molecule has 2 heterocycles. The predicted molar refractivity (Wildman–Crippen MR) is 135 cm³/mol. The standard InChI is InChI=1S/C28H32O11/c1-35-26(34)19-15-37-27(39-28-25(33)24(32)23(31)20(13-29)38-28)22-17(11-12-18(19)22)14-36-21(30)10-6-5-9-16-7-3-2-4-8-16/h2-11,15,18,20,22-25,27-29,31-33H,12-14H2,1H3/t18-,20-,22-,23-,24+,25-,27+,28+/m1/s1. The number of carbonyl (C=O) groups is 2. The summed E-state index contributed by atoms with van der Waals surface area (Å²) in [4.78, 5) is 24.7. The number of carbonyl (C=O) groups excluding carboxylic acids is 2. The van der Waals surface area contributed by atoms with Crippen molar-refractivity contribution in [2.75, 3.05) is 20.3 Å². The Morgan fingerprint density at radius 1 is 1.05 bits per heavy atom. The van der Waals surface area contributed by atoms with Crippen molar-refractivity contribution >= 4 is 18.0 Å². The van der Waals surface area contributed by atoms with Crippen LogP contribution in [0.2, 0.25) is 0 Å². The van der Waals surface area contributed by atoms with Gasteiger partial charge in [0.05, 0.1) is 31.5 Å². The number of ether oxygens (including phenoxy) is 5. The highest BCUT2D eigenvalue weighted by Gasteiger charge is 2.50. The summed E-state index contributed by atoms with van der Waals surface area (Å²) in [5.41, 5.74) is 1.86. The molecule has 1 aliphatic carbocycles. The van der Waals surface area contributed by atoms with Gasteiger partial charge in [0.25, 0.3) is 0 Å². The van der Waals surface area contributed by atoms with Crippen LogP contribution >= 0.6 is 0 Å². The third-order valence-electron chi connectivity index (χ3n) is 6.87. The summed E-state index contributed by atoms with van der Waals surface area (Å²) in [6.45, 7) is -0.733. The zero-order valence-corrected chi connectivity index (χ0v) is 21.2. The van der Waals surface area contributed by atoms with E-state index >= 15 is 0 Å². The van der Waals surface area contributed by atoms with E-state index in [0.717, 1.165) is 5.56 Å². The first-order valence-corrected chi connectivity index (χ1v) is 12.5. The van der Waals surface area contributed by atoms with Crippen LogP contribution in [-0.4, -0.2) is 89.7 Å². The van der Waals surface area contributed by atoms with Gasteiger partial charge in [0.2, 0.25) is 6.29 Å². The van der Waals surface area contributed by atoms with E-state index in [0.29, 0.717) is 12.0 Å². The van der Waals surface area contributed by atoms with Gasteiger partial charge in [-0.2, -0.15) is 0 Å². The van der Waals surface area contributed by atoms with Crippen LogP contribution in [0.25, 0.3) is 6.08 Å². The number of hydrogen-bond acceptors (Lipinski definition) is 11. The van der Waals surface area contributed by atoms with Crippen molar-refractivity contribution in [2.24, 2.45) is 11.8 Å². The fourth-order valence-electron chi connectivity index (χ4n) is 4.79. The minimum atomic E-state index is -1.64. The lowest BCUT2D eigenvalue weighted by Gasteiger charge is -2.42. The van der Waals surface area contributed by atoms with E-state index in [-0.39, 0.29) is 12.2 Å². The molecule has 8 atom stereocenters. The van der Waals surface area contributed by atoms with Crippen molar-refractivity contribution in [2.45, 2.75) is 43.4 Å². The van der Waals surface area contributed by atoms with E-state index in [1.807, 2.05) is 42.5 Å². The molecule has 11 heteroatoms. The third-order valence-corrected chi connectivity index (χ3v) is 6.87. The Labute approximate surface area is 225 Å². The molecule has 3 aliphatic rings. The highest BCUT2D eigenvalue weighted by molar-refractivity contribution is 5.89. The van der Waals surface area contributed by atoms with Crippen molar-refractivity contribution in [3.63, 3.8) is 0 Å². The molecule has 0 spiro atoms. The van der Waals surface area contributed by atoms with E-state index in [1.165, 1.54) is 19.4 Å². The van der Waals surface area contributed by atoms with Gasteiger partial charge in [0, 0.05) is 12.0 Å². The zero-order chi connectivity index (χ0) is 27.9. The van der Waals surface area contributed by atoms with E-state index in [2.05, 4.69) is 0 Å². The molecule has 39 heavy (non-hydrogen) atoms. The number of aliphatic hydroxyl groups is 4. The smallest absolute Gasteiger partial charge is 0.337 e. The van der Waals surface area contributed by atoms with Crippen LogP contribution in [-0.2, 0) is 33.3 Å². The number of aliphatic hydroxyl groups excluding tert-OH is 4. The Kier molecular flexibility index (Phi) is 9.68. The molecule has 0 unspecified atom stereocenters. The fraction of sp³-hybridized carbons (Fsp3) is 0.429. The van der Waals surface area contributed by atoms with E-state index in [1.54, 1.807) is 12.2 Å². The Balaban J connectivity index is 1.43. The van der Waals surface area contributed by atoms with Crippen molar-refractivity contribution < 1.29 is 53.7 Å². The molecule has 4 rings (SSSR count). The van der Waals surface area contributed by atoms with E-state index in [9.17, 15) is 30.0 Å². The van der Waals surface area contributed by atoms with Gasteiger partial charge >= 0.3 is 11.9 Å². The maximum Gasteiger partial charge on any atom is 0.337 e. The number of allylic oxidation sites excluding steroid dienone is 3. The number of rotatable bonds is 9. The van der Waals surface area contributed by atoms with E-state index < -0.39 is 67.4 Å². The average Bonchev–Trinajstić information content (AvgIpc) is 3.39. The second-order valence-electron chi connectivity index (χ2n) is 9.29. The molecule has 0 aromatic heterocycles. The van der Waals surface area contributed by atoms with Crippen molar-refractivity contribution in [1.29, 1.82) is 0 Å². The highest BCUT2D eigenvalue weighted by atomic mass is 16.8. The molecule has 0 bridgehead atoms. The predicted octanol–water partition coefficient (Wildman–Crippen LogP) is 0.591. The SMILES string of the molecule is COC(=O)C1=CO[C@@H](O[C@@H]2O[C@H](CO)[C@@H](O)[C@H](O)[C@H]2O)[C@@H]2C(COC(=O)C=CC=Cc3ccccc3)=CC[C@H]12. The second kappa shape index (κ2) is 13.2. The topological polar surface area (TPSA) is 161 Å². The van der Waals surface area contributed by atoms with Gasteiger partial charge in [-0.05, 0) is 17.6 Å². The molecule has 1 saturated heterocycles. The summed E-state index contributed by atoms with van der Waals surface area (Å²) in [5, 5.41) is 40.0. The Bertz CT molecular complexity index is 1120.